The van der Waals surface area contributed by atoms with Crippen molar-refractivity contribution in [1.82, 2.24) is 9.97 Å². The first-order valence-electron chi connectivity index (χ1n) is 4.96. The minimum Gasteiger partial charge on any atom is -0.481 e. The van der Waals surface area contributed by atoms with E-state index in [0.29, 0.717) is 12.4 Å². The Bertz CT molecular complexity index is 384. The molecule has 0 aliphatic carbocycles. The van der Waals surface area contributed by atoms with Crippen molar-refractivity contribution in [2.75, 3.05) is 18.5 Å². The van der Waals surface area contributed by atoms with Gasteiger partial charge in [0.25, 0.3) is 0 Å². The average molecular weight is 223 g/mol. The van der Waals surface area contributed by atoms with E-state index in [1.165, 1.54) is 6.33 Å². The highest BCUT2D eigenvalue weighted by Gasteiger charge is 2.46. The highest BCUT2D eigenvalue weighted by Crippen LogP contribution is 2.30. The van der Waals surface area contributed by atoms with Gasteiger partial charge < -0.3 is 15.2 Å². The average Bonchev–Trinajstić information content (AvgIpc) is 2.63. The number of ether oxygens (including phenoxy) is 1. The summed E-state index contributed by atoms with van der Waals surface area (Å²) in [4.78, 5) is 19.0. The van der Waals surface area contributed by atoms with Crippen LogP contribution < -0.4 is 5.32 Å². The molecule has 6 heteroatoms. The molecule has 0 aromatic carbocycles. The van der Waals surface area contributed by atoms with Crippen LogP contribution >= 0.6 is 0 Å². The second kappa shape index (κ2) is 4.05. The molecule has 1 saturated heterocycles. The van der Waals surface area contributed by atoms with Crippen molar-refractivity contribution in [3.05, 3.63) is 18.6 Å². The molecular formula is C10H13N3O3. The van der Waals surface area contributed by atoms with Gasteiger partial charge >= 0.3 is 5.97 Å². The van der Waals surface area contributed by atoms with E-state index in [4.69, 9.17) is 9.84 Å². The number of rotatable bonds is 3. The van der Waals surface area contributed by atoms with Crippen molar-refractivity contribution in [2.24, 2.45) is 5.41 Å². The molecule has 86 valence electrons. The molecule has 2 rings (SSSR count). The first-order chi connectivity index (χ1) is 7.63. The van der Waals surface area contributed by atoms with Crippen LogP contribution in [0.15, 0.2) is 18.6 Å². The van der Waals surface area contributed by atoms with Crippen LogP contribution in [-0.2, 0) is 9.53 Å². The Morgan fingerprint density at radius 2 is 2.56 bits per heavy atom. The molecule has 1 aromatic rings. The Labute approximate surface area is 92.7 Å². The van der Waals surface area contributed by atoms with Gasteiger partial charge in [-0.1, -0.05) is 0 Å². The first kappa shape index (κ1) is 10.8. The molecule has 1 fully saturated rings. The largest absolute Gasteiger partial charge is 0.481 e. The first-order valence-corrected chi connectivity index (χ1v) is 4.96. The summed E-state index contributed by atoms with van der Waals surface area (Å²) in [6.45, 7) is 2.25. The lowest BCUT2D eigenvalue weighted by Gasteiger charge is -2.25. The summed E-state index contributed by atoms with van der Waals surface area (Å²) in [5.41, 5.74) is -0.912. The summed E-state index contributed by atoms with van der Waals surface area (Å²) in [5.74, 6) is -0.255. The monoisotopic (exact) mass is 223 g/mol. The molecule has 0 saturated carbocycles. The summed E-state index contributed by atoms with van der Waals surface area (Å²) < 4.78 is 5.22. The summed E-state index contributed by atoms with van der Waals surface area (Å²) in [6.07, 6.45) is 3.01. The van der Waals surface area contributed by atoms with Gasteiger partial charge in [-0.05, 0) is 13.0 Å². The maximum atomic E-state index is 11.2. The predicted octanol–water partition coefficient (Wildman–Crippen LogP) is 0.378. The lowest BCUT2D eigenvalue weighted by atomic mass is 9.85. The SMILES string of the molecule is CC1(C(=O)O)COCC1Nc1ccncn1. The Morgan fingerprint density at radius 1 is 1.75 bits per heavy atom. The van der Waals surface area contributed by atoms with Crippen molar-refractivity contribution in [2.45, 2.75) is 13.0 Å². The third-order valence-electron chi connectivity index (χ3n) is 2.85. The van der Waals surface area contributed by atoms with Crippen molar-refractivity contribution < 1.29 is 14.6 Å². The number of hydrogen-bond acceptors (Lipinski definition) is 5. The van der Waals surface area contributed by atoms with Gasteiger partial charge in [-0.25, -0.2) is 9.97 Å². The number of nitrogens with one attached hydrogen (secondary N) is 1. The standard InChI is InChI=1S/C10H13N3O3/c1-10(9(14)15)5-16-4-7(10)13-8-2-3-11-6-12-8/h2-3,6-7H,4-5H2,1H3,(H,14,15)(H,11,12,13). The van der Waals surface area contributed by atoms with Crippen LogP contribution in [0.25, 0.3) is 0 Å². The number of hydrogen-bond donors (Lipinski definition) is 2. The molecule has 6 nitrogen and oxygen atoms in total. The Hall–Kier alpha value is -1.69. The van der Waals surface area contributed by atoms with Crippen LogP contribution in [-0.4, -0.2) is 40.3 Å². The highest BCUT2D eigenvalue weighted by atomic mass is 16.5. The summed E-state index contributed by atoms with van der Waals surface area (Å²) in [7, 11) is 0. The number of carboxylic acid groups (broad SMARTS) is 1. The van der Waals surface area contributed by atoms with E-state index in [0.717, 1.165) is 0 Å². The number of aromatic nitrogens is 2. The maximum absolute atomic E-state index is 11.2. The maximum Gasteiger partial charge on any atom is 0.313 e. The quantitative estimate of drug-likeness (QED) is 0.770. The molecule has 0 bridgehead atoms. The molecule has 2 atom stereocenters. The van der Waals surface area contributed by atoms with Gasteiger partial charge in [0.05, 0.1) is 19.3 Å². The Balaban J connectivity index is 2.13. The van der Waals surface area contributed by atoms with Gasteiger partial charge in [0.2, 0.25) is 0 Å². The molecule has 0 radical (unpaired) electrons. The number of carbonyl (C=O) groups is 1. The molecular weight excluding hydrogens is 210 g/mol. The topological polar surface area (TPSA) is 84.3 Å². The van der Waals surface area contributed by atoms with Crippen LogP contribution in [0.1, 0.15) is 6.92 Å². The predicted molar refractivity (Wildman–Crippen MR) is 56.0 cm³/mol. The molecule has 1 aliphatic rings. The van der Waals surface area contributed by atoms with Crippen molar-refractivity contribution in [1.29, 1.82) is 0 Å². The number of carboxylic acids is 1. The minimum atomic E-state index is -0.912. The lowest BCUT2D eigenvalue weighted by molar-refractivity contribution is -0.148. The van der Waals surface area contributed by atoms with Gasteiger partial charge in [0, 0.05) is 6.20 Å². The van der Waals surface area contributed by atoms with E-state index in [1.54, 1.807) is 19.2 Å². The van der Waals surface area contributed by atoms with Crippen LogP contribution in [0.2, 0.25) is 0 Å². The van der Waals surface area contributed by atoms with Gasteiger partial charge in [-0.3, -0.25) is 4.79 Å². The Kier molecular flexibility index (Phi) is 2.74. The molecule has 2 unspecified atom stereocenters. The molecule has 1 aromatic heterocycles. The third-order valence-corrected chi connectivity index (χ3v) is 2.85. The molecule has 16 heavy (non-hydrogen) atoms. The van der Waals surface area contributed by atoms with E-state index in [1.807, 2.05) is 0 Å². The summed E-state index contributed by atoms with van der Waals surface area (Å²) in [6, 6.07) is 1.42. The van der Waals surface area contributed by atoms with Gasteiger partial charge in [0.1, 0.15) is 17.6 Å². The normalized spacial score (nSPS) is 28.9. The molecule has 0 amide bonds. The fourth-order valence-corrected chi connectivity index (χ4v) is 1.64. The highest BCUT2D eigenvalue weighted by molar-refractivity contribution is 5.76. The fourth-order valence-electron chi connectivity index (χ4n) is 1.64. The van der Waals surface area contributed by atoms with Crippen molar-refractivity contribution >= 4 is 11.8 Å². The van der Waals surface area contributed by atoms with Gasteiger partial charge in [-0.15, -0.1) is 0 Å². The van der Waals surface area contributed by atoms with E-state index in [9.17, 15) is 4.79 Å². The zero-order chi connectivity index (χ0) is 11.6. The summed E-state index contributed by atoms with van der Waals surface area (Å²) >= 11 is 0. The zero-order valence-electron chi connectivity index (χ0n) is 8.88. The van der Waals surface area contributed by atoms with E-state index in [-0.39, 0.29) is 12.6 Å². The second-order valence-electron chi connectivity index (χ2n) is 4.03. The van der Waals surface area contributed by atoms with Gasteiger partial charge in [0.15, 0.2) is 0 Å². The van der Waals surface area contributed by atoms with E-state index < -0.39 is 11.4 Å². The number of nitrogens with zero attached hydrogens (tertiary/aromatic N) is 2. The van der Waals surface area contributed by atoms with Crippen molar-refractivity contribution in [3.8, 4) is 0 Å². The third kappa shape index (κ3) is 1.83. The van der Waals surface area contributed by atoms with E-state index in [2.05, 4.69) is 15.3 Å². The second-order valence-corrected chi connectivity index (χ2v) is 4.03. The molecule has 1 aliphatic heterocycles. The van der Waals surface area contributed by atoms with Crippen LogP contribution in [0.3, 0.4) is 0 Å². The molecule has 2 heterocycles. The van der Waals surface area contributed by atoms with Crippen LogP contribution in [0.4, 0.5) is 5.82 Å². The lowest BCUT2D eigenvalue weighted by Crippen LogP contribution is -2.43. The smallest absolute Gasteiger partial charge is 0.313 e. The number of aliphatic carboxylic acids is 1. The van der Waals surface area contributed by atoms with Crippen LogP contribution in [0.5, 0.6) is 0 Å². The summed E-state index contributed by atoms with van der Waals surface area (Å²) in [5, 5.41) is 12.2. The minimum absolute atomic E-state index is 0.213. The van der Waals surface area contributed by atoms with E-state index >= 15 is 0 Å². The zero-order valence-corrected chi connectivity index (χ0v) is 8.88. The molecule has 0 spiro atoms. The van der Waals surface area contributed by atoms with Crippen LogP contribution in [0, 0.1) is 5.41 Å². The molecule has 2 N–H and O–H groups in total. The number of anilines is 1. The Morgan fingerprint density at radius 3 is 3.19 bits per heavy atom. The van der Waals surface area contributed by atoms with Crippen molar-refractivity contribution in [3.63, 3.8) is 0 Å². The van der Waals surface area contributed by atoms with Gasteiger partial charge in [-0.2, -0.15) is 0 Å². The fraction of sp³-hybridized carbons (Fsp3) is 0.500.